The summed E-state index contributed by atoms with van der Waals surface area (Å²) in [6.07, 6.45) is 1.05. The fourth-order valence-electron chi connectivity index (χ4n) is 2.47. The van der Waals surface area contributed by atoms with Gasteiger partial charge >= 0.3 is 0 Å². The minimum absolute atomic E-state index is 0.212. The Hall–Kier alpha value is -2.35. The largest absolute Gasteiger partial charge is 0.495 e. The maximum absolute atomic E-state index is 12.5. The van der Waals surface area contributed by atoms with Crippen LogP contribution in [0, 0.1) is 17.2 Å². The molecule has 0 N–H and O–H groups in total. The number of rotatable bonds is 4. The Morgan fingerprint density at radius 3 is 2.95 bits per heavy atom. The van der Waals surface area contributed by atoms with E-state index in [9.17, 15) is 9.59 Å². The predicted octanol–water partition coefficient (Wildman–Crippen LogP) is 1.92. The van der Waals surface area contributed by atoms with E-state index >= 15 is 0 Å². The number of anilines is 1. The highest BCUT2D eigenvalue weighted by atomic mass is 16.5. The van der Waals surface area contributed by atoms with Crippen molar-refractivity contribution in [1.29, 1.82) is 5.26 Å². The minimum atomic E-state index is -0.701. The van der Waals surface area contributed by atoms with Crippen LogP contribution < -0.4 is 9.64 Å². The van der Waals surface area contributed by atoms with Gasteiger partial charge in [-0.3, -0.25) is 9.59 Å². The maximum Gasteiger partial charge on any atom is 0.237 e. The average Bonchev–Trinajstić information content (AvgIpc) is 2.47. The van der Waals surface area contributed by atoms with E-state index in [2.05, 4.69) is 0 Å². The van der Waals surface area contributed by atoms with E-state index in [1.54, 1.807) is 24.1 Å². The molecule has 0 radical (unpaired) electrons. The number of ketones is 1. The summed E-state index contributed by atoms with van der Waals surface area (Å²) in [6.45, 7) is 0.565. The van der Waals surface area contributed by atoms with E-state index < -0.39 is 5.92 Å². The molecule has 1 unspecified atom stereocenters. The summed E-state index contributed by atoms with van der Waals surface area (Å²) >= 11 is 0. The van der Waals surface area contributed by atoms with Gasteiger partial charge in [-0.2, -0.15) is 5.26 Å². The van der Waals surface area contributed by atoms with Gasteiger partial charge < -0.3 is 9.64 Å². The summed E-state index contributed by atoms with van der Waals surface area (Å²) in [4.78, 5) is 25.9. The Morgan fingerprint density at radius 1 is 1.50 bits per heavy atom. The zero-order valence-electron chi connectivity index (χ0n) is 11.3. The molecule has 1 atom stereocenters. The van der Waals surface area contributed by atoms with Gasteiger partial charge in [-0.15, -0.1) is 0 Å². The number of methoxy groups -OCH3 is 1. The third kappa shape index (κ3) is 2.64. The van der Waals surface area contributed by atoms with Crippen LogP contribution in [0.4, 0.5) is 5.69 Å². The molecular weight excluding hydrogens is 256 g/mol. The summed E-state index contributed by atoms with van der Waals surface area (Å²) in [5.74, 6) is -0.624. The summed E-state index contributed by atoms with van der Waals surface area (Å²) in [7, 11) is 1.55. The van der Waals surface area contributed by atoms with Crippen molar-refractivity contribution in [3.63, 3.8) is 0 Å². The van der Waals surface area contributed by atoms with E-state index in [1.807, 2.05) is 18.2 Å². The third-order valence-corrected chi connectivity index (χ3v) is 3.46. The van der Waals surface area contributed by atoms with Crippen molar-refractivity contribution in [2.45, 2.75) is 19.3 Å². The Balaban J connectivity index is 2.27. The van der Waals surface area contributed by atoms with E-state index in [0.29, 0.717) is 24.4 Å². The maximum atomic E-state index is 12.5. The second-order valence-electron chi connectivity index (χ2n) is 4.66. The van der Waals surface area contributed by atoms with Crippen LogP contribution in [-0.2, 0) is 9.59 Å². The van der Waals surface area contributed by atoms with Gasteiger partial charge in [0, 0.05) is 6.54 Å². The second kappa shape index (κ2) is 6.20. The first-order chi connectivity index (χ1) is 9.69. The van der Waals surface area contributed by atoms with Crippen molar-refractivity contribution in [3.05, 3.63) is 24.3 Å². The molecule has 0 bridgehead atoms. The van der Waals surface area contributed by atoms with Crippen molar-refractivity contribution in [2.24, 2.45) is 5.92 Å². The molecule has 1 aromatic carbocycles. The lowest BCUT2D eigenvalue weighted by atomic mass is 9.91. The Labute approximate surface area is 117 Å². The first-order valence-corrected chi connectivity index (χ1v) is 6.53. The summed E-state index contributed by atoms with van der Waals surface area (Å²) < 4.78 is 5.26. The van der Waals surface area contributed by atoms with Crippen LogP contribution >= 0.6 is 0 Å². The molecule has 0 aliphatic carbocycles. The lowest BCUT2D eigenvalue weighted by molar-refractivity contribution is -0.133. The molecule has 1 aromatic rings. The monoisotopic (exact) mass is 272 g/mol. The van der Waals surface area contributed by atoms with Gasteiger partial charge in [0.1, 0.15) is 5.75 Å². The van der Waals surface area contributed by atoms with Crippen LogP contribution in [-0.4, -0.2) is 25.3 Å². The van der Waals surface area contributed by atoms with Crippen LogP contribution in [0.15, 0.2) is 24.3 Å². The van der Waals surface area contributed by atoms with Gasteiger partial charge in [0.2, 0.25) is 5.91 Å². The van der Waals surface area contributed by atoms with E-state index in [0.717, 1.165) is 6.42 Å². The van der Waals surface area contributed by atoms with Crippen LogP contribution in [0.5, 0.6) is 5.75 Å². The highest BCUT2D eigenvalue weighted by Crippen LogP contribution is 2.32. The van der Waals surface area contributed by atoms with Gasteiger partial charge in [-0.05, 0) is 25.0 Å². The van der Waals surface area contributed by atoms with E-state index in [4.69, 9.17) is 10.00 Å². The molecule has 1 heterocycles. The molecule has 1 aliphatic heterocycles. The second-order valence-corrected chi connectivity index (χ2v) is 4.66. The fourth-order valence-corrected chi connectivity index (χ4v) is 2.47. The molecule has 5 nitrogen and oxygen atoms in total. The van der Waals surface area contributed by atoms with Crippen molar-refractivity contribution in [2.75, 3.05) is 18.6 Å². The molecule has 0 aromatic heterocycles. The third-order valence-electron chi connectivity index (χ3n) is 3.46. The first-order valence-electron chi connectivity index (χ1n) is 6.53. The highest BCUT2D eigenvalue weighted by Gasteiger charge is 2.35. The topological polar surface area (TPSA) is 70.4 Å². The molecule has 0 saturated carbocycles. The number of hydrogen-bond donors (Lipinski definition) is 0. The zero-order valence-corrected chi connectivity index (χ0v) is 11.3. The fraction of sp³-hybridized carbons (Fsp3) is 0.400. The smallest absolute Gasteiger partial charge is 0.237 e. The van der Waals surface area contributed by atoms with Gasteiger partial charge in [0.15, 0.2) is 5.78 Å². The Kier molecular flexibility index (Phi) is 4.36. The van der Waals surface area contributed by atoms with Crippen molar-refractivity contribution < 1.29 is 14.3 Å². The minimum Gasteiger partial charge on any atom is -0.495 e. The van der Waals surface area contributed by atoms with Gasteiger partial charge in [0.25, 0.3) is 0 Å². The highest BCUT2D eigenvalue weighted by molar-refractivity contribution is 6.09. The van der Waals surface area contributed by atoms with Gasteiger partial charge in [-0.25, -0.2) is 0 Å². The molecule has 2 rings (SSSR count). The van der Waals surface area contributed by atoms with Gasteiger partial charge in [-0.1, -0.05) is 12.1 Å². The number of hydrogen-bond acceptors (Lipinski definition) is 4. The molecule has 1 saturated heterocycles. The molecule has 1 aliphatic rings. The number of nitriles is 1. The summed E-state index contributed by atoms with van der Waals surface area (Å²) in [5, 5.41) is 8.60. The van der Waals surface area contributed by atoms with E-state index in [1.165, 1.54) is 0 Å². The zero-order chi connectivity index (χ0) is 14.5. The lowest BCUT2D eigenvalue weighted by Gasteiger charge is -2.32. The van der Waals surface area contributed by atoms with Crippen molar-refractivity contribution in [3.8, 4) is 11.8 Å². The molecule has 20 heavy (non-hydrogen) atoms. The molecule has 0 spiro atoms. The summed E-state index contributed by atoms with van der Waals surface area (Å²) in [5.41, 5.74) is 0.675. The molecule has 104 valence electrons. The Morgan fingerprint density at radius 2 is 2.25 bits per heavy atom. The normalized spacial score (nSPS) is 18.5. The van der Waals surface area contributed by atoms with Gasteiger partial charge in [0.05, 0.1) is 31.2 Å². The lowest BCUT2D eigenvalue weighted by Crippen LogP contribution is -2.44. The van der Waals surface area contributed by atoms with Crippen LogP contribution in [0.25, 0.3) is 0 Å². The van der Waals surface area contributed by atoms with Crippen LogP contribution in [0.1, 0.15) is 19.3 Å². The quantitative estimate of drug-likeness (QED) is 0.785. The van der Waals surface area contributed by atoms with E-state index in [-0.39, 0.29) is 18.1 Å². The molecule has 1 amide bonds. The standard InChI is InChI=1S/C15H16N2O3/c1-20-14-7-3-2-6-12(14)17-10-4-5-11(15(17)19)13(18)8-9-16/h2-3,6-7,11H,4-5,8,10H2,1H3. The number of Topliss-reactive ketones (excluding diaryl/α,β-unsaturated/α-hetero) is 1. The SMILES string of the molecule is COc1ccccc1N1CCCC(C(=O)CC#N)C1=O. The number of ether oxygens (including phenoxy) is 1. The average molecular weight is 272 g/mol. The Bertz CT molecular complexity index is 562. The van der Waals surface area contributed by atoms with Crippen LogP contribution in [0.2, 0.25) is 0 Å². The number of carbonyl (C=O) groups excluding carboxylic acids is 2. The number of carbonyl (C=O) groups is 2. The summed E-state index contributed by atoms with van der Waals surface area (Å²) in [6, 6.07) is 9.05. The first kappa shape index (κ1) is 14.1. The number of nitrogens with zero attached hydrogens (tertiary/aromatic N) is 2. The van der Waals surface area contributed by atoms with Crippen LogP contribution in [0.3, 0.4) is 0 Å². The predicted molar refractivity (Wildman–Crippen MR) is 73.3 cm³/mol. The number of amides is 1. The molecule has 5 heteroatoms. The van der Waals surface area contributed by atoms with Crippen molar-refractivity contribution in [1.82, 2.24) is 0 Å². The molecule has 1 fully saturated rings. The molecular formula is C15H16N2O3. The number of piperidine rings is 1. The van der Waals surface area contributed by atoms with Crippen molar-refractivity contribution >= 4 is 17.4 Å². The number of benzene rings is 1. The number of para-hydroxylation sites is 2.